The predicted octanol–water partition coefficient (Wildman–Crippen LogP) is 3.63. The minimum atomic E-state index is -0.0698. The van der Waals surface area contributed by atoms with Crippen LogP contribution in [0.25, 0.3) is 0 Å². The molecule has 1 atom stereocenters. The predicted molar refractivity (Wildman–Crippen MR) is 87.3 cm³/mol. The fourth-order valence-corrected chi connectivity index (χ4v) is 2.34. The molecule has 0 aliphatic rings. The van der Waals surface area contributed by atoms with E-state index in [-0.39, 0.29) is 11.9 Å². The molecule has 0 aliphatic heterocycles. The third-order valence-electron chi connectivity index (χ3n) is 3.73. The number of rotatable bonds is 4. The van der Waals surface area contributed by atoms with Gasteiger partial charge in [-0.1, -0.05) is 31.2 Å². The highest BCUT2D eigenvalue weighted by molar-refractivity contribution is 5.96. The molecule has 2 aromatic rings. The number of nitrogen functional groups attached to an aromatic ring is 1. The SMILES string of the molecule is CCc1ccc(C(C)NC(=O)c2ccc(N)cc2C)cc1. The van der Waals surface area contributed by atoms with Crippen LogP contribution < -0.4 is 11.1 Å². The molecule has 21 heavy (non-hydrogen) atoms. The molecule has 1 unspecified atom stereocenters. The molecule has 0 saturated carbocycles. The molecule has 0 saturated heterocycles. The minimum Gasteiger partial charge on any atom is -0.399 e. The third kappa shape index (κ3) is 3.63. The van der Waals surface area contributed by atoms with Crippen molar-refractivity contribution in [1.82, 2.24) is 5.32 Å². The highest BCUT2D eigenvalue weighted by atomic mass is 16.1. The summed E-state index contributed by atoms with van der Waals surface area (Å²) in [6.07, 6.45) is 1.02. The van der Waals surface area contributed by atoms with Gasteiger partial charge in [0.2, 0.25) is 0 Å². The number of hydrogen-bond acceptors (Lipinski definition) is 2. The summed E-state index contributed by atoms with van der Waals surface area (Å²) in [5.74, 6) is -0.0698. The molecule has 0 bridgehead atoms. The molecule has 0 aliphatic carbocycles. The van der Waals surface area contributed by atoms with Crippen LogP contribution in [0.4, 0.5) is 5.69 Å². The lowest BCUT2D eigenvalue weighted by Gasteiger charge is -2.16. The Hall–Kier alpha value is -2.29. The quantitative estimate of drug-likeness (QED) is 0.841. The third-order valence-corrected chi connectivity index (χ3v) is 3.73. The van der Waals surface area contributed by atoms with Crippen LogP contribution in [-0.4, -0.2) is 5.91 Å². The second-order valence-electron chi connectivity index (χ2n) is 5.36. The number of amides is 1. The van der Waals surface area contributed by atoms with E-state index >= 15 is 0 Å². The largest absolute Gasteiger partial charge is 0.399 e. The summed E-state index contributed by atoms with van der Waals surface area (Å²) in [4.78, 5) is 12.3. The van der Waals surface area contributed by atoms with Crippen molar-refractivity contribution in [3.63, 3.8) is 0 Å². The van der Waals surface area contributed by atoms with Gasteiger partial charge in [-0.3, -0.25) is 4.79 Å². The first-order chi connectivity index (χ1) is 10.0. The number of carbonyl (C=O) groups excluding carboxylic acids is 1. The van der Waals surface area contributed by atoms with E-state index in [1.54, 1.807) is 12.1 Å². The maximum atomic E-state index is 12.3. The Labute approximate surface area is 126 Å². The number of aryl methyl sites for hydroxylation is 2. The van der Waals surface area contributed by atoms with Crippen LogP contribution in [-0.2, 0) is 6.42 Å². The smallest absolute Gasteiger partial charge is 0.252 e. The van der Waals surface area contributed by atoms with Crippen LogP contribution in [0.2, 0.25) is 0 Å². The monoisotopic (exact) mass is 282 g/mol. The van der Waals surface area contributed by atoms with Gasteiger partial charge in [0.05, 0.1) is 6.04 Å². The molecule has 2 aromatic carbocycles. The molecule has 0 spiro atoms. The molecule has 0 radical (unpaired) electrons. The van der Waals surface area contributed by atoms with Gasteiger partial charge in [-0.2, -0.15) is 0 Å². The van der Waals surface area contributed by atoms with Crippen molar-refractivity contribution >= 4 is 11.6 Å². The lowest BCUT2D eigenvalue weighted by atomic mass is 10.0. The Morgan fingerprint density at radius 3 is 2.43 bits per heavy atom. The first-order valence-electron chi connectivity index (χ1n) is 7.27. The van der Waals surface area contributed by atoms with Crippen LogP contribution in [0, 0.1) is 6.92 Å². The summed E-state index contributed by atoms with van der Waals surface area (Å²) in [6, 6.07) is 13.7. The Morgan fingerprint density at radius 2 is 1.86 bits per heavy atom. The molecule has 3 N–H and O–H groups in total. The number of benzene rings is 2. The van der Waals surface area contributed by atoms with E-state index in [0.29, 0.717) is 11.3 Å². The Bertz CT molecular complexity index is 632. The van der Waals surface area contributed by atoms with E-state index in [1.165, 1.54) is 5.56 Å². The number of carbonyl (C=O) groups is 1. The van der Waals surface area contributed by atoms with Gasteiger partial charge in [-0.25, -0.2) is 0 Å². The van der Waals surface area contributed by atoms with Crippen LogP contribution in [0.3, 0.4) is 0 Å². The summed E-state index contributed by atoms with van der Waals surface area (Å²) in [5.41, 5.74) is 10.3. The average molecular weight is 282 g/mol. The summed E-state index contributed by atoms with van der Waals surface area (Å²) >= 11 is 0. The van der Waals surface area contributed by atoms with Crippen molar-refractivity contribution in [3.05, 3.63) is 64.7 Å². The zero-order valence-corrected chi connectivity index (χ0v) is 12.8. The van der Waals surface area contributed by atoms with Crippen molar-refractivity contribution in [2.75, 3.05) is 5.73 Å². The Kier molecular flexibility index (Phi) is 4.63. The maximum Gasteiger partial charge on any atom is 0.252 e. The fraction of sp³-hybridized carbons (Fsp3) is 0.278. The zero-order valence-electron chi connectivity index (χ0n) is 12.8. The molecule has 0 heterocycles. The van der Waals surface area contributed by atoms with Gasteiger partial charge in [0.1, 0.15) is 0 Å². The molecule has 0 fully saturated rings. The number of anilines is 1. The molecule has 3 nitrogen and oxygen atoms in total. The van der Waals surface area contributed by atoms with Gasteiger partial charge in [0, 0.05) is 11.3 Å². The van der Waals surface area contributed by atoms with Crippen molar-refractivity contribution in [3.8, 4) is 0 Å². The van der Waals surface area contributed by atoms with Gasteiger partial charge in [-0.05, 0) is 55.2 Å². The highest BCUT2D eigenvalue weighted by Gasteiger charge is 2.13. The zero-order chi connectivity index (χ0) is 15.4. The number of nitrogens with one attached hydrogen (secondary N) is 1. The summed E-state index contributed by atoms with van der Waals surface area (Å²) in [6.45, 7) is 6.02. The fourth-order valence-electron chi connectivity index (χ4n) is 2.34. The standard InChI is InChI=1S/C18H22N2O/c1-4-14-5-7-15(8-6-14)13(3)20-18(21)17-10-9-16(19)11-12(17)2/h5-11,13H,4,19H2,1-3H3,(H,20,21). The molecular weight excluding hydrogens is 260 g/mol. The average Bonchev–Trinajstić information content (AvgIpc) is 2.47. The second kappa shape index (κ2) is 6.44. The topological polar surface area (TPSA) is 55.1 Å². The van der Waals surface area contributed by atoms with E-state index < -0.39 is 0 Å². The first kappa shape index (κ1) is 15.1. The van der Waals surface area contributed by atoms with Crippen LogP contribution in [0.5, 0.6) is 0 Å². The maximum absolute atomic E-state index is 12.3. The summed E-state index contributed by atoms with van der Waals surface area (Å²) in [5, 5.41) is 3.03. The van der Waals surface area contributed by atoms with E-state index in [4.69, 9.17) is 5.73 Å². The molecule has 1 amide bonds. The molecule has 2 rings (SSSR count). The Balaban J connectivity index is 2.10. The Morgan fingerprint density at radius 1 is 1.19 bits per heavy atom. The van der Waals surface area contributed by atoms with Crippen molar-refractivity contribution in [1.29, 1.82) is 0 Å². The van der Waals surface area contributed by atoms with Crippen molar-refractivity contribution in [2.45, 2.75) is 33.2 Å². The first-order valence-corrected chi connectivity index (χ1v) is 7.27. The number of nitrogens with two attached hydrogens (primary N) is 1. The molecule has 110 valence electrons. The number of hydrogen-bond donors (Lipinski definition) is 2. The molecular formula is C18H22N2O. The normalized spacial score (nSPS) is 12.0. The van der Waals surface area contributed by atoms with Crippen molar-refractivity contribution < 1.29 is 4.79 Å². The van der Waals surface area contributed by atoms with E-state index in [0.717, 1.165) is 17.5 Å². The van der Waals surface area contributed by atoms with Crippen LogP contribution >= 0.6 is 0 Å². The summed E-state index contributed by atoms with van der Waals surface area (Å²) in [7, 11) is 0. The van der Waals surface area contributed by atoms with E-state index in [9.17, 15) is 4.79 Å². The highest BCUT2D eigenvalue weighted by Crippen LogP contribution is 2.17. The van der Waals surface area contributed by atoms with E-state index in [2.05, 4.69) is 36.5 Å². The van der Waals surface area contributed by atoms with Crippen LogP contribution in [0.1, 0.15) is 46.9 Å². The van der Waals surface area contributed by atoms with E-state index in [1.807, 2.05) is 19.9 Å². The second-order valence-corrected chi connectivity index (χ2v) is 5.36. The van der Waals surface area contributed by atoms with Gasteiger partial charge >= 0.3 is 0 Å². The van der Waals surface area contributed by atoms with Gasteiger partial charge in [0.25, 0.3) is 5.91 Å². The summed E-state index contributed by atoms with van der Waals surface area (Å²) < 4.78 is 0. The van der Waals surface area contributed by atoms with Gasteiger partial charge in [-0.15, -0.1) is 0 Å². The molecule has 0 aromatic heterocycles. The lowest BCUT2D eigenvalue weighted by Crippen LogP contribution is -2.27. The van der Waals surface area contributed by atoms with Crippen LogP contribution in [0.15, 0.2) is 42.5 Å². The molecule has 3 heteroatoms. The lowest BCUT2D eigenvalue weighted by molar-refractivity contribution is 0.0939. The van der Waals surface area contributed by atoms with Crippen molar-refractivity contribution in [2.24, 2.45) is 0 Å². The minimum absolute atomic E-state index is 0.0274. The van der Waals surface area contributed by atoms with Gasteiger partial charge in [0.15, 0.2) is 0 Å². The van der Waals surface area contributed by atoms with Gasteiger partial charge < -0.3 is 11.1 Å².